The highest BCUT2D eigenvalue weighted by molar-refractivity contribution is 5.79. The van der Waals surface area contributed by atoms with Crippen LogP contribution in [0.2, 0.25) is 0 Å². The Hall–Kier alpha value is -1.91. The predicted molar refractivity (Wildman–Crippen MR) is 167 cm³/mol. The zero-order chi connectivity index (χ0) is 29.4. The smallest absolute Gasteiger partial charge is 0.306 e. The fraction of sp³-hybridized carbons (Fsp3) is 0.800. The van der Waals surface area contributed by atoms with Crippen LogP contribution < -0.4 is 0 Å². The van der Waals surface area contributed by atoms with Gasteiger partial charge >= 0.3 is 11.9 Å². The largest absolute Gasteiger partial charge is 0.461 e. The standard InChI is InChI=1S/C35H62O5/c1-3-5-7-9-11-13-15-17-19-21-23-31-39-34(37)29-25-27-33(36)28-26-30-35(38)40-32-24-22-20-18-16-14-12-10-8-6-4-2/h21-24H,3-20,25-32H2,1-2H3. The van der Waals surface area contributed by atoms with Gasteiger partial charge in [-0.2, -0.15) is 0 Å². The van der Waals surface area contributed by atoms with Crippen molar-refractivity contribution in [3.05, 3.63) is 24.3 Å². The average Bonchev–Trinajstić information content (AvgIpc) is 2.94. The van der Waals surface area contributed by atoms with Gasteiger partial charge in [0.15, 0.2) is 0 Å². The molecule has 5 heteroatoms. The van der Waals surface area contributed by atoms with E-state index in [0.717, 1.165) is 12.8 Å². The second kappa shape index (κ2) is 31.6. The molecular formula is C35H62O5. The molecule has 0 aliphatic carbocycles. The van der Waals surface area contributed by atoms with E-state index in [4.69, 9.17) is 9.47 Å². The third-order valence-electron chi connectivity index (χ3n) is 7.14. The van der Waals surface area contributed by atoms with Crippen molar-refractivity contribution in [1.29, 1.82) is 0 Å². The first kappa shape index (κ1) is 38.1. The van der Waals surface area contributed by atoms with Crippen LogP contribution in [0.25, 0.3) is 0 Å². The lowest BCUT2D eigenvalue weighted by molar-refractivity contribution is -0.143. The Morgan fingerprint density at radius 1 is 0.425 bits per heavy atom. The molecule has 0 aromatic carbocycles. The third-order valence-corrected chi connectivity index (χ3v) is 7.14. The molecule has 0 heterocycles. The van der Waals surface area contributed by atoms with Crippen LogP contribution >= 0.6 is 0 Å². The molecule has 0 amide bonds. The summed E-state index contributed by atoms with van der Waals surface area (Å²) in [7, 11) is 0. The number of unbranched alkanes of at least 4 members (excludes halogenated alkanes) is 16. The van der Waals surface area contributed by atoms with Crippen LogP contribution in [0, 0.1) is 0 Å². The number of hydrogen-bond donors (Lipinski definition) is 0. The number of rotatable bonds is 30. The molecule has 0 aliphatic heterocycles. The molecule has 0 fully saturated rings. The zero-order valence-electron chi connectivity index (χ0n) is 26.2. The summed E-state index contributed by atoms with van der Waals surface area (Å²) >= 11 is 0. The highest BCUT2D eigenvalue weighted by Gasteiger charge is 2.08. The summed E-state index contributed by atoms with van der Waals surface area (Å²) in [4.78, 5) is 35.7. The minimum Gasteiger partial charge on any atom is -0.461 e. The number of esters is 2. The molecule has 0 N–H and O–H groups in total. The molecule has 0 aromatic rings. The van der Waals surface area contributed by atoms with Gasteiger partial charge in [0.2, 0.25) is 0 Å². The summed E-state index contributed by atoms with van der Waals surface area (Å²) in [6, 6.07) is 0. The van der Waals surface area contributed by atoms with Gasteiger partial charge < -0.3 is 9.47 Å². The van der Waals surface area contributed by atoms with E-state index in [1.807, 2.05) is 12.2 Å². The third kappa shape index (κ3) is 30.6. The molecule has 0 saturated heterocycles. The van der Waals surface area contributed by atoms with Crippen molar-refractivity contribution < 1.29 is 23.9 Å². The van der Waals surface area contributed by atoms with Crippen LogP contribution in [0.4, 0.5) is 0 Å². The van der Waals surface area contributed by atoms with E-state index in [0.29, 0.717) is 38.9 Å². The molecular weight excluding hydrogens is 500 g/mol. The van der Waals surface area contributed by atoms with Crippen molar-refractivity contribution in [3.8, 4) is 0 Å². The second-order valence-electron chi connectivity index (χ2n) is 11.1. The monoisotopic (exact) mass is 562 g/mol. The van der Waals surface area contributed by atoms with E-state index < -0.39 is 0 Å². The van der Waals surface area contributed by atoms with Crippen LogP contribution in [-0.2, 0) is 23.9 Å². The fourth-order valence-corrected chi connectivity index (χ4v) is 4.58. The van der Waals surface area contributed by atoms with Crippen molar-refractivity contribution in [3.63, 3.8) is 0 Å². The first-order valence-corrected chi connectivity index (χ1v) is 16.7. The van der Waals surface area contributed by atoms with Crippen LogP contribution in [0.5, 0.6) is 0 Å². The summed E-state index contributed by atoms with van der Waals surface area (Å²) < 4.78 is 10.4. The van der Waals surface area contributed by atoms with E-state index in [1.54, 1.807) is 0 Å². The summed E-state index contributed by atoms with van der Waals surface area (Å²) in [5, 5.41) is 0. The predicted octanol–water partition coefficient (Wildman–Crippen LogP) is 10.2. The SMILES string of the molecule is CCCCCCCCCCC=CCOC(=O)CCCC(=O)CCCC(=O)OCC=CCCCCCCCCCC. The van der Waals surface area contributed by atoms with Crippen molar-refractivity contribution in [2.24, 2.45) is 0 Å². The Morgan fingerprint density at radius 2 is 0.775 bits per heavy atom. The van der Waals surface area contributed by atoms with Gasteiger partial charge in [0.25, 0.3) is 0 Å². The summed E-state index contributed by atoms with van der Waals surface area (Å²) in [6.45, 7) is 5.10. The lowest BCUT2D eigenvalue weighted by atomic mass is 10.1. The first-order chi connectivity index (χ1) is 19.6. The number of Topliss-reactive ketones (excluding diaryl/α,β-unsaturated/α-hetero) is 1. The number of carbonyl (C=O) groups excluding carboxylic acids is 3. The number of hydrogen-bond acceptors (Lipinski definition) is 5. The lowest BCUT2D eigenvalue weighted by Crippen LogP contribution is -2.07. The lowest BCUT2D eigenvalue weighted by Gasteiger charge is -2.03. The molecule has 40 heavy (non-hydrogen) atoms. The van der Waals surface area contributed by atoms with Gasteiger partial charge in [-0.25, -0.2) is 0 Å². The van der Waals surface area contributed by atoms with Gasteiger partial charge in [0, 0.05) is 25.7 Å². The van der Waals surface area contributed by atoms with Gasteiger partial charge in [0.05, 0.1) is 0 Å². The van der Waals surface area contributed by atoms with E-state index in [2.05, 4.69) is 26.0 Å². The van der Waals surface area contributed by atoms with Crippen LogP contribution in [0.1, 0.15) is 168 Å². The molecule has 0 bridgehead atoms. The Kier molecular flexibility index (Phi) is 30.1. The van der Waals surface area contributed by atoms with Crippen molar-refractivity contribution >= 4 is 17.7 Å². The average molecular weight is 563 g/mol. The zero-order valence-corrected chi connectivity index (χ0v) is 26.2. The first-order valence-electron chi connectivity index (χ1n) is 16.7. The van der Waals surface area contributed by atoms with Crippen molar-refractivity contribution in [2.45, 2.75) is 168 Å². The molecule has 0 radical (unpaired) electrons. The highest BCUT2D eigenvalue weighted by atomic mass is 16.5. The van der Waals surface area contributed by atoms with E-state index >= 15 is 0 Å². The number of ketones is 1. The maximum atomic E-state index is 12.0. The Labute approximate surface area is 246 Å². The number of carbonyl (C=O) groups is 3. The normalized spacial score (nSPS) is 11.4. The van der Waals surface area contributed by atoms with Gasteiger partial charge in [-0.3, -0.25) is 14.4 Å². The van der Waals surface area contributed by atoms with Crippen molar-refractivity contribution in [1.82, 2.24) is 0 Å². The topological polar surface area (TPSA) is 69.7 Å². The second-order valence-corrected chi connectivity index (χ2v) is 11.1. The molecule has 0 atom stereocenters. The summed E-state index contributed by atoms with van der Waals surface area (Å²) in [5.74, 6) is -0.441. The van der Waals surface area contributed by atoms with Gasteiger partial charge in [-0.05, 0) is 38.5 Å². The maximum Gasteiger partial charge on any atom is 0.306 e. The van der Waals surface area contributed by atoms with Gasteiger partial charge in [0.1, 0.15) is 19.0 Å². The Balaban J connectivity index is 3.51. The Morgan fingerprint density at radius 3 is 1.15 bits per heavy atom. The summed E-state index contributed by atoms with van der Waals surface area (Å²) in [5.41, 5.74) is 0. The molecule has 5 nitrogen and oxygen atoms in total. The molecule has 232 valence electrons. The molecule has 0 aromatic heterocycles. The maximum absolute atomic E-state index is 12.0. The molecule has 0 unspecified atom stereocenters. The van der Waals surface area contributed by atoms with Gasteiger partial charge in [-0.1, -0.05) is 128 Å². The fourth-order valence-electron chi connectivity index (χ4n) is 4.58. The van der Waals surface area contributed by atoms with Crippen LogP contribution in [0.3, 0.4) is 0 Å². The molecule has 0 spiro atoms. The van der Waals surface area contributed by atoms with Crippen LogP contribution in [-0.4, -0.2) is 30.9 Å². The van der Waals surface area contributed by atoms with Crippen molar-refractivity contribution in [2.75, 3.05) is 13.2 Å². The minimum absolute atomic E-state index is 0.0797. The quantitative estimate of drug-likeness (QED) is 0.0495. The van der Waals surface area contributed by atoms with Crippen LogP contribution in [0.15, 0.2) is 24.3 Å². The van der Waals surface area contributed by atoms with E-state index in [9.17, 15) is 14.4 Å². The minimum atomic E-state index is -0.261. The van der Waals surface area contributed by atoms with E-state index in [1.165, 1.54) is 103 Å². The van der Waals surface area contributed by atoms with E-state index in [-0.39, 0.29) is 30.6 Å². The molecule has 0 aliphatic rings. The number of ether oxygens (including phenoxy) is 2. The molecule has 0 saturated carbocycles. The van der Waals surface area contributed by atoms with Gasteiger partial charge in [-0.15, -0.1) is 0 Å². The summed E-state index contributed by atoms with van der Waals surface area (Å²) in [6.07, 6.45) is 33.2. The molecule has 0 rings (SSSR count). The Bertz CT molecular complexity index is 598. The number of allylic oxidation sites excluding steroid dienone is 2. The highest BCUT2D eigenvalue weighted by Crippen LogP contribution is 2.11.